The molecular weight excluding hydrogens is 268 g/mol. The average Bonchev–Trinajstić information content (AvgIpc) is 2.85. The standard InChI is InChI=1S/C16H18N2O3/c1-9-15-12(11-6-4-5-7-13(11)17-15)8-14(16(20)21-3)18(9)10(2)19/h4-7,9,14,17H,8H2,1-3H3/t9-,14-/m1/s1. The molecule has 0 spiro atoms. The number of fused-ring (bicyclic) bond motifs is 3. The molecule has 1 N–H and O–H groups in total. The van der Waals surface area contributed by atoms with Crippen LogP contribution < -0.4 is 0 Å². The van der Waals surface area contributed by atoms with E-state index in [1.165, 1.54) is 14.0 Å². The van der Waals surface area contributed by atoms with Crippen molar-refractivity contribution in [1.82, 2.24) is 9.88 Å². The molecule has 2 heterocycles. The second kappa shape index (κ2) is 4.91. The van der Waals surface area contributed by atoms with E-state index in [1.807, 2.05) is 31.2 Å². The van der Waals surface area contributed by atoms with Gasteiger partial charge in [-0.3, -0.25) is 4.79 Å². The normalized spacial score (nSPS) is 21.2. The van der Waals surface area contributed by atoms with Crippen LogP contribution in [0.4, 0.5) is 0 Å². The first-order chi connectivity index (χ1) is 10.0. The van der Waals surface area contributed by atoms with Crippen molar-refractivity contribution in [2.45, 2.75) is 32.4 Å². The van der Waals surface area contributed by atoms with Gasteiger partial charge in [0, 0.05) is 29.9 Å². The predicted molar refractivity (Wildman–Crippen MR) is 78.7 cm³/mol. The fraction of sp³-hybridized carbons (Fsp3) is 0.375. The molecule has 21 heavy (non-hydrogen) atoms. The summed E-state index contributed by atoms with van der Waals surface area (Å²) >= 11 is 0. The van der Waals surface area contributed by atoms with Crippen LogP contribution in [0.25, 0.3) is 10.9 Å². The van der Waals surface area contributed by atoms with Gasteiger partial charge in [0.05, 0.1) is 13.2 Å². The maximum absolute atomic E-state index is 12.1. The van der Waals surface area contributed by atoms with Crippen molar-refractivity contribution in [3.63, 3.8) is 0 Å². The molecular formula is C16H18N2O3. The van der Waals surface area contributed by atoms with Crippen LogP contribution in [0.1, 0.15) is 31.1 Å². The Kier molecular flexibility index (Phi) is 3.20. The van der Waals surface area contributed by atoms with Crippen LogP contribution in [0.5, 0.6) is 0 Å². The van der Waals surface area contributed by atoms with Gasteiger partial charge in [0.15, 0.2) is 0 Å². The first-order valence-corrected chi connectivity index (χ1v) is 7.00. The minimum atomic E-state index is -0.561. The number of para-hydroxylation sites is 1. The number of benzene rings is 1. The lowest BCUT2D eigenvalue weighted by Gasteiger charge is -2.38. The Morgan fingerprint density at radius 2 is 2.05 bits per heavy atom. The summed E-state index contributed by atoms with van der Waals surface area (Å²) in [6.07, 6.45) is 0.482. The molecule has 2 aromatic rings. The minimum absolute atomic E-state index is 0.123. The van der Waals surface area contributed by atoms with Crippen LogP contribution in [0.3, 0.4) is 0 Å². The van der Waals surface area contributed by atoms with Crippen LogP contribution in [0, 0.1) is 0 Å². The van der Waals surface area contributed by atoms with E-state index in [1.54, 1.807) is 4.90 Å². The van der Waals surface area contributed by atoms with Gasteiger partial charge in [-0.05, 0) is 18.6 Å². The summed E-state index contributed by atoms with van der Waals surface area (Å²) in [6.45, 7) is 3.42. The molecule has 0 unspecified atom stereocenters. The largest absolute Gasteiger partial charge is 0.467 e. The molecule has 5 heteroatoms. The van der Waals surface area contributed by atoms with E-state index in [0.29, 0.717) is 6.42 Å². The smallest absolute Gasteiger partial charge is 0.328 e. The predicted octanol–water partition coefficient (Wildman–Crippen LogP) is 2.18. The highest BCUT2D eigenvalue weighted by Gasteiger charge is 2.39. The first-order valence-electron chi connectivity index (χ1n) is 7.00. The Morgan fingerprint density at radius 1 is 1.33 bits per heavy atom. The molecule has 110 valence electrons. The Balaban J connectivity index is 2.16. The fourth-order valence-corrected chi connectivity index (χ4v) is 3.32. The molecule has 0 fully saturated rings. The summed E-state index contributed by atoms with van der Waals surface area (Å²) in [5, 5.41) is 1.11. The molecule has 1 amide bonds. The van der Waals surface area contributed by atoms with Crippen molar-refractivity contribution in [3.05, 3.63) is 35.5 Å². The molecule has 0 saturated heterocycles. The number of carbonyl (C=O) groups is 2. The van der Waals surface area contributed by atoms with E-state index in [0.717, 1.165) is 22.2 Å². The van der Waals surface area contributed by atoms with Gasteiger partial charge in [-0.1, -0.05) is 18.2 Å². The summed E-state index contributed by atoms with van der Waals surface area (Å²) < 4.78 is 4.88. The summed E-state index contributed by atoms with van der Waals surface area (Å²) in [7, 11) is 1.36. The number of nitrogens with one attached hydrogen (secondary N) is 1. The summed E-state index contributed by atoms with van der Waals surface area (Å²) in [6, 6.07) is 7.25. The van der Waals surface area contributed by atoms with E-state index in [-0.39, 0.29) is 17.9 Å². The van der Waals surface area contributed by atoms with E-state index in [4.69, 9.17) is 4.74 Å². The number of esters is 1. The number of aromatic amines is 1. The quantitative estimate of drug-likeness (QED) is 0.817. The van der Waals surface area contributed by atoms with Crippen LogP contribution >= 0.6 is 0 Å². The molecule has 0 radical (unpaired) electrons. The number of hydrogen-bond acceptors (Lipinski definition) is 3. The molecule has 0 saturated carbocycles. The first kappa shape index (κ1) is 13.7. The fourth-order valence-electron chi connectivity index (χ4n) is 3.32. The Hall–Kier alpha value is -2.30. The molecule has 1 aliphatic heterocycles. The Morgan fingerprint density at radius 3 is 2.71 bits per heavy atom. The molecule has 5 nitrogen and oxygen atoms in total. The minimum Gasteiger partial charge on any atom is -0.467 e. The number of rotatable bonds is 1. The highest BCUT2D eigenvalue weighted by Crippen LogP contribution is 2.37. The third kappa shape index (κ3) is 2.00. The number of aromatic nitrogens is 1. The SMILES string of the molecule is COC(=O)[C@H]1Cc2c([nH]c3ccccc23)[C@@H](C)N1C(C)=O. The van der Waals surface area contributed by atoms with Crippen LogP contribution in [-0.2, 0) is 20.7 Å². The molecule has 1 aliphatic rings. The van der Waals surface area contributed by atoms with Crippen molar-refractivity contribution in [1.29, 1.82) is 0 Å². The van der Waals surface area contributed by atoms with Gasteiger partial charge in [-0.25, -0.2) is 4.79 Å². The zero-order chi connectivity index (χ0) is 15.1. The van der Waals surface area contributed by atoms with Gasteiger partial charge >= 0.3 is 5.97 Å². The molecule has 2 atom stereocenters. The third-order valence-corrected chi connectivity index (χ3v) is 4.25. The summed E-state index contributed by atoms with van der Waals surface area (Å²) in [5.74, 6) is -0.491. The lowest BCUT2D eigenvalue weighted by atomic mass is 9.92. The number of hydrogen-bond donors (Lipinski definition) is 1. The number of nitrogens with zero attached hydrogens (tertiary/aromatic N) is 1. The number of carbonyl (C=O) groups excluding carboxylic acids is 2. The topological polar surface area (TPSA) is 62.4 Å². The van der Waals surface area contributed by atoms with E-state index in [9.17, 15) is 9.59 Å². The second-order valence-electron chi connectivity index (χ2n) is 5.41. The number of H-pyrrole nitrogens is 1. The maximum atomic E-state index is 12.1. The second-order valence-corrected chi connectivity index (χ2v) is 5.41. The average molecular weight is 286 g/mol. The van der Waals surface area contributed by atoms with Gasteiger partial charge in [0.1, 0.15) is 6.04 Å². The van der Waals surface area contributed by atoms with E-state index >= 15 is 0 Å². The van der Waals surface area contributed by atoms with Crippen molar-refractivity contribution in [2.75, 3.05) is 7.11 Å². The lowest BCUT2D eigenvalue weighted by Crippen LogP contribution is -2.50. The van der Waals surface area contributed by atoms with Crippen LogP contribution in [0.2, 0.25) is 0 Å². The van der Waals surface area contributed by atoms with E-state index in [2.05, 4.69) is 4.98 Å². The van der Waals surface area contributed by atoms with Crippen LogP contribution in [-0.4, -0.2) is 34.9 Å². The molecule has 0 bridgehead atoms. The highest BCUT2D eigenvalue weighted by atomic mass is 16.5. The number of methoxy groups -OCH3 is 1. The van der Waals surface area contributed by atoms with Gasteiger partial charge in [-0.2, -0.15) is 0 Å². The maximum Gasteiger partial charge on any atom is 0.328 e. The van der Waals surface area contributed by atoms with Gasteiger partial charge in [0.2, 0.25) is 5.91 Å². The number of amides is 1. The van der Waals surface area contributed by atoms with Gasteiger partial charge in [-0.15, -0.1) is 0 Å². The Labute approximate surface area is 122 Å². The summed E-state index contributed by atoms with van der Waals surface area (Å²) in [5.41, 5.74) is 3.14. The van der Waals surface area contributed by atoms with Crippen LogP contribution in [0.15, 0.2) is 24.3 Å². The molecule has 1 aromatic carbocycles. The zero-order valence-corrected chi connectivity index (χ0v) is 12.3. The van der Waals surface area contributed by atoms with Gasteiger partial charge in [0.25, 0.3) is 0 Å². The van der Waals surface area contributed by atoms with Gasteiger partial charge < -0.3 is 14.6 Å². The third-order valence-electron chi connectivity index (χ3n) is 4.25. The summed E-state index contributed by atoms with van der Waals surface area (Å²) in [4.78, 5) is 29.0. The van der Waals surface area contributed by atoms with Crippen molar-refractivity contribution >= 4 is 22.8 Å². The lowest BCUT2D eigenvalue weighted by molar-refractivity contribution is -0.154. The Bertz CT molecular complexity index is 719. The van der Waals surface area contributed by atoms with Crippen molar-refractivity contribution < 1.29 is 14.3 Å². The number of ether oxygens (including phenoxy) is 1. The molecule has 1 aromatic heterocycles. The molecule has 0 aliphatic carbocycles. The highest BCUT2D eigenvalue weighted by molar-refractivity contribution is 5.89. The monoisotopic (exact) mass is 286 g/mol. The van der Waals surface area contributed by atoms with Crippen molar-refractivity contribution in [3.8, 4) is 0 Å². The van der Waals surface area contributed by atoms with E-state index < -0.39 is 6.04 Å². The molecule has 3 rings (SSSR count). The van der Waals surface area contributed by atoms with Crippen molar-refractivity contribution in [2.24, 2.45) is 0 Å². The zero-order valence-electron chi connectivity index (χ0n) is 12.3.